The molecular formula is C12H15F2NO4S. The quantitative estimate of drug-likeness (QED) is 0.718. The minimum Gasteiger partial charge on any atom is -0.481 e. The maximum Gasteiger partial charge on any atom is 0.303 e. The molecule has 0 aliphatic heterocycles. The topological polar surface area (TPSA) is 83.5 Å². The first-order chi connectivity index (χ1) is 9.33. The summed E-state index contributed by atoms with van der Waals surface area (Å²) >= 11 is 0. The van der Waals surface area contributed by atoms with E-state index in [1.165, 1.54) is 0 Å². The van der Waals surface area contributed by atoms with Crippen LogP contribution in [-0.4, -0.2) is 26.0 Å². The van der Waals surface area contributed by atoms with E-state index in [9.17, 15) is 22.0 Å². The minimum absolute atomic E-state index is 0.0376. The zero-order chi connectivity index (χ0) is 15.2. The predicted octanol–water partition coefficient (Wildman–Crippen LogP) is 1.89. The second-order valence-electron chi connectivity index (χ2n) is 4.18. The molecular weight excluding hydrogens is 292 g/mol. The molecule has 0 aliphatic rings. The van der Waals surface area contributed by atoms with Crippen molar-refractivity contribution in [1.29, 1.82) is 0 Å². The molecule has 0 unspecified atom stereocenters. The maximum absolute atomic E-state index is 13.0. The summed E-state index contributed by atoms with van der Waals surface area (Å²) in [6.45, 7) is 0.112. The Labute approximate surface area is 115 Å². The van der Waals surface area contributed by atoms with Crippen LogP contribution in [0.15, 0.2) is 23.1 Å². The van der Waals surface area contributed by atoms with Crippen LogP contribution in [0.2, 0.25) is 0 Å². The lowest BCUT2D eigenvalue weighted by Crippen LogP contribution is -2.25. The van der Waals surface area contributed by atoms with Crippen molar-refractivity contribution in [3.8, 4) is 0 Å². The third kappa shape index (κ3) is 5.22. The number of hydrogen-bond acceptors (Lipinski definition) is 3. The molecule has 20 heavy (non-hydrogen) atoms. The molecule has 112 valence electrons. The average molecular weight is 307 g/mol. The highest BCUT2D eigenvalue weighted by atomic mass is 32.2. The van der Waals surface area contributed by atoms with Crippen LogP contribution >= 0.6 is 0 Å². The monoisotopic (exact) mass is 307 g/mol. The van der Waals surface area contributed by atoms with Crippen molar-refractivity contribution in [2.24, 2.45) is 0 Å². The van der Waals surface area contributed by atoms with Gasteiger partial charge in [0.05, 0.1) is 4.90 Å². The van der Waals surface area contributed by atoms with E-state index in [4.69, 9.17) is 5.11 Å². The van der Waals surface area contributed by atoms with Crippen molar-refractivity contribution < 1.29 is 27.1 Å². The summed E-state index contributed by atoms with van der Waals surface area (Å²) in [5.74, 6) is -3.24. The van der Waals surface area contributed by atoms with Gasteiger partial charge in [-0.15, -0.1) is 0 Å². The van der Waals surface area contributed by atoms with Gasteiger partial charge in [-0.25, -0.2) is 21.9 Å². The first-order valence-electron chi connectivity index (χ1n) is 5.99. The van der Waals surface area contributed by atoms with E-state index in [1.54, 1.807) is 0 Å². The van der Waals surface area contributed by atoms with Crippen LogP contribution in [-0.2, 0) is 14.8 Å². The van der Waals surface area contributed by atoms with E-state index in [2.05, 4.69) is 4.72 Å². The molecule has 2 N–H and O–H groups in total. The number of hydrogen-bond donors (Lipinski definition) is 2. The Balaban J connectivity index is 2.45. The summed E-state index contributed by atoms with van der Waals surface area (Å²) in [5, 5.41) is 8.42. The van der Waals surface area contributed by atoms with Crippen molar-refractivity contribution in [2.45, 2.75) is 30.6 Å². The predicted molar refractivity (Wildman–Crippen MR) is 67.7 cm³/mol. The standard InChI is InChI=1S/C12H15F2NO4S/c13-10-6-5-9(8-11(10)14)20(18,19)15-7-3-1-2-4-12(16)17/h5-6,8,15H,1-4,7H2,(H,16,17). The van der Waals surface area contributed by atoms with Gasteiger partial charge >= 0.3 is 5.97 Å². The van der Waals surface area contributed by atoms with Crippen molar-refractivity contribution in [3.63, 3.8) is 0 Å². The highest BCUT2D eigenvalue weighted by Crippen LogP contribution is 2.13. The molecule has 8 heteroatoms. The summed E-state index contributed by atoms with van der Waals surface area (Å²) < 4.78 is 51.4. The Bertz CT molecular complexity index is 575. The number of nitrogens with one attached hydrogen (secondary N) is 1. The van der Waals surface area contributed by atoms with Crippen LogP contribution < -0.4 is 4.72 Å². The lowest BCUT2D eigenvalue weighted by Gasteiger charge is -2.06. The molecule has 0 aromatic heterocycles. The first-order valence-corrected chi connectivity index (χ1v) is 7.48. The lowest BCUT2D eigenvalue weighted by molar-refractivity contribution is -0.137. The Morgan fingerprint density at radius 3 is 2.45 bits per heavy atom. The van der Waals surface area contributed by atoms with E-state index < -0.39 is 27.6 Å². The number of carboxylic acids is 1. The molecule has 0 amide bonds. The second kappa shape index (κ2) is 7.30. The highest BCUT2D eigenvalue weighted by molar-refractivity contribution is 7.89. The first kappa shape index (κ1) is 16.5. The molecule has 1 rings (SSSR count). The van der Waals surface area contributed by atoms with Crippen molar-refractivity contribution >= 4 is 16.0 Å². The molecule has 0 aliphatic carbocycles. The molecule has 0 spiro atoms. The van der Waals surface area contributed by atoms with Gasteiger partial charge in [0.2, 0.25) is 10.0 Å². The summed E-state index contributed by atoms with van der Waals surface area (Å²) in [6, 6.07) is 2.34. The average Bonchev–Trinajstić information content (AvgIpc) is 2.36. The third-order valence-electron chi connectivity index (χ3n) is 2.56. The van der Waals surface area contributed by atoms with Gasteiger partial charge in [0.1, 0.15) is 0 Å². The van der Waals surface area contributed by atoms with Crippen LogP contribution in [0.4, 0.5) is 8.78 Å². The van der Waals surface area contributed by atoms with Crippen molar-refractivity contribution in [3.05, 3.63) is 29.8 Å². The maximum atomic E-state index is 13.0. The van der Waals surface area contributed by atoms with Gasteiger partial charge in [-0.2, -0.15) is 0 Å². The fraction of sp³-hybridized carbons (Fsp3) is 0.417. The van der Waals surface area contributed by atoms with Gasteiger partial charge in [-0.3, -0.25) is 4.79 Å². The largest absolute Gasteiger partial charge is 0.481 e. The number of carbonyl (C=O) groups is 1. The molecule has 1 aromatic carbocycles. The molecule has 0 heterocycles. The molecule has 0 saturated heterocycles. The zero-order valence-electron chi connectivity index (χ0n) is 10.6. The zero-order valence-corrected chi connectivity index (χ0v) is 11.4. The summed E-state index contributed by atoms with van der Waals surface area (Å²) in [6.07, 6.45) is 1.53. The van der Waals surface area contributed by atoms with Gasteiger partial charge in [-0.05, 0) is 31.0 Å². The van der Waals surface area contributed by atoms with Crippen LogP contribution in [0.1, 0.15) is 25.7 Å². The molecule has 1 aromatic rings. The van der Waals surface area contributed by atoms with Crippen LogP contribution in [0.25, 0.3) is 0 Å². The van der Waals surface area contributed by atoms with Crippen LogP contribution in [0.3, 0.4) is 0 Å². The van der Waals surface area contributed by atoms with E-state index in [1.807, 2.05) is 0 Å². The Morgan fingerprint density at radius 2 is 1.85 bits per heavy atom. The molecule has 0 radical (unpaired) electrons. The summed E-state index contributed by atoms with van der Waals surface area (Å²) in [7, 11) is -3.88. The Morgan fingerprint density at radius 1 is 1.15 bits per heavy atom. The Hall–Kier alpha value is -1.54. The Kier molecular flexibility index (Phi) is 6.03. The number of rotatable bonds is 8. The summed E-state index contributed by atoms with van der Waals surface area (Å²) in [4.78, 5) is 9.91. The third-order valence-corrected chi connectivity index (χ3v) is 4.02. The fourth-order valence-electron chi connectivity index (χ4n) is 1.51. The van der Waals surface area contributed by atoms with Gasteiger partial charge in [-0.1, -0.05) is 6.42 Å². The van der Waals surface area contributed by atoms with E-state index in [0.29, 0.717) is 25.3 Å². The van der Waals surface area contributed by atoms with E-state index in [0.717, 1.165) is 12.1 Å². The van der Waals surface area contributed by atoms with Crippen molar-refractivity contribution in [2.75, 3.05) is 6.54 Å². The lowest BCUT2D eigenvalue weighted by atomic mass is 10.2. The number of benzene rings is 1. The number of sulfonamides is 1. The minimum atomic E-state index is -3.88. The smallest absolute Gasteiger partial charge is 0.303 e. The van der Waals surface area contributed by atoms with Gasteiger partial charge < -0.3 is 5.11 Å². The molecule has 0 saturated carbocycles. The molecule has 0 fully saturated rings. The molecule has 0 atom stereocenters. The van der Waals surface area contributed by atoms with Gasteiger partial charge in [0.25, 0.3) is 0 Å². The van der Waals surface area contributed by atoms with Crippen LogP contribution in [0.5, 0.6) is 0 Å². The van der Waals surface area contributed by atoms with Gasteiger partial charge in [0, 0.05) is 13.0 Å². The number of halogens is 2. The number of carboxylic acid groups (broad SMARTS) is 1. The van der Waals surface area contributed by atoms with Crippen molar-refractivity contribution in [1.82, 2.24) is 4.72 Å². The van der Waals surface area contributed by atoms with Crippen LogP contribution in [0, 0.1) is 11.6 Å². The fourth-order valence-corrected chi connectivity index (χ4v) is 2.60. The summed E-state index contributed by atoms with van der Waals surface area (Å²) in [5.41, 5.74) is 0. The number of unbranched alkanes of at least 4 members (excludes halogenated alkanes) is 2. The molecule has 0 bridgehead atoms. The highest BCUT2D eigenvalue weighted by Gasteiger charge is 2.15. The van der Waals surface area contributed by atoms with E-state index >= 15 is 0 Å². The SMILES string of the molecule is O=C(O)CCCCCNS(=O)(=O)c1ccc(F)c(F)c1. The van der Waals surface area contributed by atoms with Gasteiger partial charge in [0.15, 0.2) is 11.6 Å². The molecule has 5 nitrogen and oxygen atoms in total. The second-order valence-corrected chi connectivity index (χ2v) is 5.95. The van der Waals surface area contributed by atoms with E-state index in [-0.39, 0.29) is 17.9 Å². The normalized spacial score (nSPS) is 11.5. The number of aliphatic carboxylic acids is 1.